The molecule has 0 spiro atoms. The molecule has 1 saturated heterocycles. The van der Waals surface area contributed by atoms with E-state index < -0.39 is 0 Å². The Morgan fingerprint density at radius 1 is 1.25 bits per heavy atom. The van der Waals surface area contributed by atoms with Gasteiger partial charge in [-0.2, -0.15) is 0 Å². The third-order valence-corrected chi connectivity index (χ3v) is 3.32. The maximum absolute atomic E-state index is 12.4. The summed E-state index contributed by atoms with van der Waals surface area (Å²) in [5.74, 6) is 0.738. The summed E-state index contributed by atoms with van der Waals surface area (Å²) in [6.45, 7) is 9.75. The summed E-state index contributed by atoms with van der Waals surface area (Å²) in [6.07, 6.45) is 1.75. The average Bonchev–Trinajstić information content (AvgIpc) is 2.38. The van der Waals surface area contributed by atoms with Crippen LogP contribution in [-0.4, -0.2) is 54.6 Å². The molecule has 1 fully saturated rings. The van der Waals surface area contributed by atoms with E-state index in [0.29, 0.717) is 5.56 Å². The number of pyridine rings is 1. The number of carbonyl (C=O) groups excluding carboxylic acids is 1. The molecule has 5 heteroatoms. The van der Waals surface area contributed by atoms with E-state index in [9.17, 15) is 4.79 Å². The molecule has 20 heavy (non-hydrogen) atoms. The van der Waals surface area contributed by atoms with Crippen molar-refractivity contribution < 1.29 is 4.79 Å². The number of likely N-dealkylation sites (N-methyl/N-ethyl adjacent to an activating group) is 1. The van der Waals surface area contributed by atoms with Gasteiger partial charge in [-0.1, -0.05) is 0 Å². The van der Waals surface area contributed by atoms with Gasteiger partial charge in [-0.15, -0.1) is 0 Å². The molecule has 0 bridgehead atoms. The van der Waals surface area contributed by atoms with Gasteiger partial charge in [0.15, 0.2) is 0 Å². The normalized spacial score (nSPS) is 17.1. The summed E-state index contributed by atoms with van der Waals surface area (Å²) in [7, 11) is 2.11. The van der Waals surface area contributed by atoms with Crippen LogP contribution in [0.25, 0.3) is 0 Å². The topological polar surface area (TPSA) is 48.5 Å². The van der Waals surface area contributed by atoms with E-state index >= 15 is 0 Å². The summed E-state index contributed by atoms with van der Waals surface area (Å²) in [6, 6.07) is 3.67. The van der Waals surface area contributed by atoms with Gasteiger partial charge in [0.1, 0.15) is 5.82 Å². The van der Waals surface area contributed by atoms with Crippen molar-refractivity contribution >= 4 is 11.7 Å². The molecule has 1 aromatic heterocycles. The van der Waals surface area contributed by atoms with Crippen molar-refractivity contribution in [2.45, 2.75) is 26.3 Å². The fourth-order valence-corrected chi connectivity index (χ4v) is 2.25. The third-order valence-electron chi connectivity index (χ3n) is 3.32. The Morgan fingerprint density at radius 3 is 2.50 bits per heavy atom. The Bertz CT molecular complexity index is 473. The summed E-state index contributed by atoms with van der Waals surface area (Å²) >= 11 is 0. The van der Waals surface area contributed by atoms with Crippen LogP contribution in [0.3, 0.4) is 0 Å². The maximum atomic E-state index is 12.4. The van der Waals surface area contributed by atoms with E-state index in [0.717, 1.165) is 32.0 Å². The van der Waals surface area contributed by atoms with Crippen molar-refractivity contribution in [1.29, 1.82) is 0 Å². The van der Waals surface area contributed by atoms with Crippen LogP contribution >= 0.6 is 0 Å². The number of carbonyl (C=O) groups is 1. The molecule has 0 aliphatic carbocycles. The number of hydrogen-bond donors (Lipinski definition) is 1. The first-order chi connectivity index (χ1) is 9.37. The SMILES string of the molecule is CN1CCN(c2ncccc2C(=O)NC(C)(C)C)CC1. The van der Waals surface area contributed by atoms with Crippen LogP contribution in [-0.2, 0) is 0 Å². The van der Waals surface area contributed by atoms with Gasteiger partial charge in [-0.25, -0.2) is 4.98 Å². The van der Waals surface area contributed by atoms with E-state index in [-0.39, 0.29) is 11.4 Å². The summed E-state index contributed by atoms with van der Waals surface area (Å²) < 4.78 is 0. The molecule has 1 N–H and O–H groups in total. The predicted octanol–water partition coefficient (Wildman–Crippen LogP) is 1.36. The highest BCUT2D eigenvalue weighted by molar-refractivity contribution is 5.99. The number of nitrogens with zero attached hydrogens (tertiary/aromatic N) is 3. The lowest BCUT2D eigenvalue weighted by Crippen LogP contribution is -2.46. The fourth-order valence-electron chi connectivity index (χ4n) is 2.25. The number of hydrogen-bond acceptors (Lipinski definition) is 4. The zero-order valence-corrected chi connectivity index (χ0v) is 12.8. The molecule has 5 nitrogen and oxygen atoms in total. The van der Waals surface area contributed by atoms with Crippen LogP contribution < -0.4 is 10.2 Å². The minimum atomic E-state index is -0.244. The van der Waals surface area contributed by atoms with E-state index in [2.05, 4.69) is 27.1 Å². The minimum absolute atomic E-state index is 0.0560. The van der Waals surface area contributed by atoms with Crippen molar-refractivity contribution in [2.75, 3.05) is 38.1 Å². The van der Waals surface area contributed by atoms with Gasteiger partial charge in [-0.05, 0) is 40.0 Å². The molecule has 1 aromatic rings. The molecular formula is C15H24N4O. The molecule has 0 saturated carbocycles. The van der Waals surface area contributed by atoms with Gasteiger partial charge in [-0.3, -0.25) is 4.79 Å². The first kappa shape index (κ1) is 14.8. The molecule has 0 radical (unpaired) electrons. The minimum Gasteiger partial charge on any atom is -0.353 e. The maximum Gasteiger partial charge on any atom is 0.255 e. The van der Waals surface area contributed by atoms with Gasteiger partial charge < -0.3 is 15.1 Å². The number of aromatic nitrogens is 1. The smallest absolute Gasteiger partial charge is 0.255 e. The van der Waals surface area contributed by atoms with Crippen molar-refractivity contribution in [3.8, 4) is 0 Å². The molecule has 110 valence electrons. The molecule has 0 unspecified atom stereocenters. The number of anilines is 1. The lowest BCUT2D eigenvalue weighted by Gasteiger charge is -2.34. The Hall–Kier alpha value is -1.62. The van der Waals surface area contributed by atoms with E-state index in [1.807, 2.05) is 32.9 Å². The monoisotopic (exact) mass is 276 g/mol. The lowest BCUT2D eigenvalue weighted by atomic mass is 10.1. The first-order valence-corrected chi connectivity index (χ1v) is 7.08. The van der Waals surface area contributed by atoms with Crippen molar-refractivity contribution in [3.05, 3.63) is 23.9 Å². The average molecular weight is 276 g/mol. The molecule has 2 rings (SSSR count). The quantitative estimate of drug-likeness (QED) is 0.886. The van der Waals surface area contributed by atoms with Gasteiger partial charge in [0, 0.05) is 37.9 Å². The standard InChI is InChI=1S/C15H24N4O/c1-15(2,3)17-14(20)12-6-5-7-16-13(12)19-10-8-18(4)9-11-19/h5-7H,8-11H2,1-4H3,(H,17,20). The molecule has 1 aliphatic heterocycles. The van der Waals surface area contributed by atoms with Gasteiger partial charge >= 0.3 is 0 Å². The molecule has 0 atom stereocenters. The zero-order valence-electron chi connectivity index (χ0n) is 12.8. The van der Waals surface area contributed by atoms with E-state index in [1.165, 1.54) is 0 Å². The predicted molar refractivity (Wildman–Crippen MR) is 81.2 cm³/mol. The Morgan fingerprint density at radius 2 is 1.90 bits per heavy atom. The number of nitrogens with one attached hydrogen (secondary N) is 1. The van der Waals surface area contributed by atoms with Crippen LogP contribution in [0.15, 0.2) is 18.3 Å². The van der Waals surface area contributed by atoms with Crippen molar-refractivity contribution in [1.82, 2.24) is 15.2 Å². The summed E-state index contributed by atoms with van der Waals surface area (Å²) in [4.78, 5) is 21.3. The van der Waals surface area contributed by atoms with Crippen LogP contribution in [0.2, 0.25) is 0 Å². The molecule has 1 aliphatic rings. The second kappa shape index (κ2) is 5.79. The van der Waals surface area contributed by atoms with Crippen LogP contribution in [0.5, 0.6) is 0 Å². The summed E-state index contributed by atoms with van der Waals surface area (Å²) in [5, 5.41) is 3.01. The van der Waals surface area contributed by atoms with Crippen molar-refractivity contribution in [2.24, 2.45) is 0 Å². The number of amides is 1. The van der Waals surface area contributed by atoms with E-state index in [4.69, 9.17) is 0 Å². The van der Waals surface area contributed by atoms with Gasteiger partial charge in [0.05, 0.1) is 5.56 Å². The lowest BCUT2D eigenvalue weighted by molar-refractivity contribution is 0.0919. The Kier molecular flexibility index (Phi) is 4.28. The largest absolute Gasteiger partial charge is 0.353 e. The van der Waals surface area contributed by atoms with Crippen molar-refractivity contribution in [3.63, 3.8) is 0 Å². The molecule has 1 amide bonds. The third kappa shape index (κ3) is 3.70. The number of rotatable bonds is 2. The number of piperazine rings is 1. The highest BCUT2D eigenvalue weighted by Gasteiger charge is 2.23. The van der Waals surface area contributed by atoms with Crippen LogP contribution in [0.1, 0.15) is 31.1 Å². The second-order valence-corrected chi connectivity index (χ2v) is 6.37. The second-order valence-electron chi connectivity index (χ2n) is 6.37. The highest BCUT2D eigenvalue weighted by atomic mass is 16.1. The molecule has 0 aromatic carbocycles. The zero-order chi connectivity index (χ0) is 14.8. The van der Waals surface area contributed by atoms with E-state index in [1.54, 1.807) is 6.20 Å². The van der Waals surface area contributed by atoms with Crippen LogP contribution in [0, 0.1) is 0 Å². The van der Waals surface area contributed by atoms with Crippen LogP contribution in [0.4, 0.5) is 5.82 Å². The fraction of sp³-hybridized carbons (Fsp3) is 0.600. The molecule has 2 heterocycles. The van der Waals surface area contributed by atoms with Gasteiger partial charge in [0.2, 0.25) is 0 Å². The highest BCUT2D eigenvalue weighted by Crippen LogP contribution is 2.19. The molecular weight excluding hydrogens is 252 g/mol. The summed E-state index contributed by atoms with van der Waals surface area (Å²) in [5.41, 5.74) is 0.415. The Labute approximate surface area is 121 Å². The Balaban J connectivity index is 2.20. The first-order valence-electron chi connectivity index (χ1n) is 7.08. The van der Waals surface area contributed by atoms with Gasteiger partial charge in [0.25, 0.3) is 5.91 Å².